The molecule has 7 heteroatoms. The van der Waals surface area contributed by atoms with E-state index in [2.05, 4.69) is 75.8 Å². The molecule has 8 bridgehead atoms. The molecule has 214 valence electrons. The van der Waals surface area contributed by atoms with Crippen molar-refractivity contribution < 1.29 is 15.0 Å². The largest absolute Gasteiger partial charge is 0.481 e. The first kappa shape index (κ1) is 30.8. The number of aliphatic hydroxyl groups excluding tert-OH is 1. The van der Waals surface area contributed by atoms with E-state index in [1.165, 1.54) is 16.7 Å². The maximum atomic E-state index is 10.2. The molecule has 3 aromatic rings. The molecule has 1 atom stereocenters. The summed E-state index contributed by atoms with van der Waals surface area (Å²) in [4.78, 5) is 26.6. The first-order valence-corrected chi connectivity index (χ1v) is 14.3. The Bertz CT molecular complexity index is 1590. The van der Waals surface area contributed by atoms with Gasteiger partial charge < -0.3 is 20.2 Å². The van der Waals surface area contributed by atoms with Gasteiger partial charge in [-0.15, -0.1) is 0 Å². The van der Waals surface area contributed by atoms with Crippen LogP contribution in [0, 0.1) is 20.8 Å². The zero-order valence-electron chi connectivity index (χ0n) is 25.4. The first-order valence-electron chi connectivity index (χ1n) is 14.3. The van der Waals surface area contributed by atoms with Crippen LogP contribution in [0.4, 0.5) is 0 Å². The van der Waals surface area contributed by atoms with E-state index >= 15 is 0 Å². The number of carboxylic acid groups (broad SMARTS) is 1. The molecule has 7 nitrogen and oxygen atoms in total. The predicted molar refractivity (Wildman–Crippen MR) is 165 cm³/mol. The Hall–Kier alpha value is -3.71. The average Bonchev–Trinajstić information content (AvgIpc) is 3.65. The van der Waals surface area contributed by atoms with Gasteiger partial charge in [0.05, 0.1) is 18.0 Å². The standard InChI is InChI=1S/C28H32N4O.C3H6O2.C2H6/c1-7-19-16(4)26-12-28-20(13-33)17(5)25(32-28)10-21-14(2)8-23(29-21)18(6)24-9-15(3)22(30-24)11-27(19)31-26;1-2-3(4)5;1-2/h9-12,14,31-33H,7-8,13H2,1-6H3;2H2,1H3,(H,4,5);1-2H3. The van der Waals surface area contributed by atoms with Crippen molar-refractivity contribution >= 4 is 39.7 Å². The van der Waals surface area contributed by atoms with E-state index in [4.69, 9.17) is 15.1 Å². The average molecular weight is 545 g/mol. The summed E-state index contributed by atoms with van der Waals surface area (Å²) in [6, 6.07) is 6.44. The summed E-state index contributed by atoms with van der Waals surface area (Å²) in [6.07, 6.45) is 4.24. The molecule has 0 saturated heterocycles. The van der Waals surface area contributed by atoms with Gasteiger partial charge >= 0.3 is 5.97 Å². The summed E-state index contributed by atoms with van der Waals surface area (Å²) < 4.78 is 0. The van der Waals surface area contributed by atoms with Crippen LogP contribution >= 0.6 is 0 Å². The lowest BCUT2D eigenvalue weighted by Crippen LogP contribution is -1.91. The van der Waals surface area contributed by atoms with E-state index in [1.807, 2.05) is 13.8 Å². The number of aliphatic carboxylic acids is 1. The molecule has 5 rings (SSSR count). The highest BCUT2D eigenvalue weighted by Gasteiger charge is 2.20. The van der Waals surface area contributed by atoms with Crippen molar-refractivity contribution in [3.8, 4) is 0 Å². The predicted octanol–water partition coefficient (Wildman–Crippen LogP) is 7.71. The summed E-state index contributed by atoms with van der Waals surface area (Å²) >= 11 is 0. The number of allylic oxidation sites excluding steroid dienone is 1. The Labute approximate surface area is 237 Å². The van der Waals surface area contributed by atoms with Crippen molar-refractivity contribution in [1.82, 2.24) is 19.9 Å². The Kier molecular flexibility index (Phi) is 10.1. The van der Waals surface area contributed by atoms with Crippen molar-refractivity contribution in [1.29, 1.82) is 0 Å². The molecular formula is C33H44N4O3. The number of H-pyrrole nitrogens is 2. The van der Waals surface area contributed by atoms with Crippen LogP contribution in [0.5, 0.6) is 0 Å². The molecule has 2 aliphatic rings. The second kappa shape index (κ2) is 13.1. The molecule has 2 aliphatic heterocycles. The molecule has 40 heavy (non-hydrogen) atoms. The van der Waals surface area contributed by atoms with Crippen LogP contribution in [0.3, 0.4) is 0 Å². The minimum atomic E-state index is -0.745. The van der Waals surface area contributed by atoms with Gasteiger partial charge in [-0.3, -0.25) is 9.78 Å². The maximum Gasteiger partial charge on any atom is 0.303 e. The third kappa shape index (κ3) is 6.20. The summed E-state index contributed by atoms with van der Waals surface area (Å²) in [5.74, 6) is -0.412. The van der Waals surface area contributed by atoms with Crippen LogP contribution in [-0.4, -0.2) is 36.1 Å². The summed E-state index contributed by atoms with van der Waals surface area (Å²) in [5, 5.41) is 17.9. The molecular weight excluding hydrogens is 500 g/mol. The number of aliphatic hydroxyl groups is 1. The van der Waals surface area contributed by atoms with E-state index < -0.39 is 5.97 Å². The van der Waals surface area contributed by atoms with E-state index in [9.17, 15) is 9.90 Å². The number of aromatic amines is 2. The fraction of sp³-hybridized carbons (Fsp3) is 0.424. The molecule has 0 aliphatic carbocycles. The van der Waals surface area contributed by atoms with Gasteiger partial charge in [-0.25, -0.2) is 4.98 Å². The van der Waals surface area contributed by atoms with Gasteiger partial charge in [-0.2, -0.15) is 0 Å². The SMILES string of the molecule is CC.CCC(=O)O.CCc1c(C)c2cc3[nH]c(cc4nc(c(C)c5nc(cc1[nH]2)C(C)=C5)CC4C)c(C)c3CO. The van der Waals surface area contributed by atoms with Crippen molar-refractivity contribution in [3.05, 3.63) is 68.8 Å². The lowest BCUT2D eigenvalue weighted by molar-refractivity contribution is -0.136. The smallest absolute Gasteiger partial charge is 0.303 e. The summed E-state index contributed by atoms with van der Waals surface area (Å²) in [6.45, 7) is 18.5. The summed E-state index contributed by atoms with van der Waals surface area (Å²) in [7, 11) is 0. The maximum absolute atomic E-state index is 10.2. The van der Waals surface area contributed by atoms with Gasteiger partial charge in [0.2, 0.25) is 0 Å². The quantitative estimate of drug-likeness (QED) is 0.270. The number of rotatable bonds is 3. The lowest BCUT2D eigenvalue weighted by atomic mass is 10.0. The Morgan fingerprint density at radius 1 is 0.900 bits per heavy atom. The second-order valence-corrected chi connectivity index (χ2v) is 10.2. The monoisotopic (exact) mass is 544 g/mol. The fourth-order valence-electron chi connectivity index (χ4n) is 5.11. The molecule has 0 aromatic carbocycles. The van der Waals surface area contributed by atoms with Gasteiger partial charge in [0, 0.05) is 51.4 Å². The number of aryl methyl sites for hydroxylation is 3. The normalized spacial score (nSPS) is 14.1. The summed E-state index contributed by atoms with van der Waals surface area (Å²) in [5.41, 5.74) is 15.1. The van der Waals surface area contributed by atoms with Crippen molar-refractivity contribution in [2.45, 2.75) is 94.1 Å². The number of nitrogens with zero attached hydrogens (tertiary/aromatic N) is 2. The molecule has 0 amide bonds. The van der Waals surface area contributed by atoms with E-state index in [-0.39, 0.29) is 13.0 Å². The number of fused-ring (bicyclic) bond motifs is 8. The van der Waals surface area contributed by atoms with Crippen LogP contribution < -0.4 is 0 Å². The van der Waals surface area contributed by atoms with Crippen molar-refractivity contribution in [3.63, 3.8) is 0 Å². The Morgan fingerprint density at radius 3 is 2.05 bits per heavy atom. The van der Waals surface area contributed by atoms with Crippen molar-refractivity contribution in [2.24, 2.45) is 0 Å². The van der Waals surface area contributed by atoms with Crippen LogP contribution in [0.25, 0.3) is 33.7 Å². The van der Waals surface area contributed by atoms with Crippen molar-refractivity contribution in [2.75, 3.05) is 0 Å². The second-order valence-electron chi connectivity index (χ2n) is 10.2. The van der Waals surface area contributed by atoms with Crippen LogP contribution in [0.15, 0.2) is 18.2 Å². The van der Waals surface area contributed by atoms with E-state index in [1.54, 1.807) is 6.92 Å². The highest BCUT2D eigenvalue weighted by Crippen LogP contribution is 2.31. The number of carbonyl (C=O) groups is 1. The van der Waals surface area contributed by atoms with Gasteiger partial charge in [0.15, 0.2) is 0 Å². The lowest BCUT2D eigenvalue weighted by Gasteiger charge is -2.00. The molecule has 0 spiro atoms. The number of aromatic nitrogens is 4. The molecule has 4 N–H and O–H groups in total. The van der Waals surface area contributed by atoms with E-state index in [0.717, 1.165) is 74.4 Å². The minimum absolute atomic E-state index is 0.00716. The van der Waals surface area contributed by atoms with Crippen LogP contribution in [0.2, 0.25) is 0 Å². The zero-order valence-corrected chi connectivity index (χ0v) is 25.4. The highest BCUT2D eigenvalue weighted by molar-refractivity contribution is 5.85. The third-order valence-electron chi connectivity index (χ3n) is 7.66. The molecule has 1 unspecified atom stereocenters. The van der Waals surface area contributed by atoms with Gasteiger partial charge in [0.1, 0.15) is 0 Å². The number of nitrogens with one attached hydrogen (secondary N) is 2. The molecule has 5 heterocycles. The third-order valence-corrected chi connectivity index (χ3v) is 7.66. The van der Waals surface area contributed by atoms with Crippen LogP contribution in [-0.2, 0) is 24.2 Å². The Balaban J connectivity index is 0.000000570. The van der Waals surface area contributed by atoms with Gasteiger partial charge in [-0.05, 0) is 92.6 Å². The number of hydrogen-bond acceptors (Lipinski definition) is 4. The number of hydrogen-bond donors (Lipinski definition) is 4. The van der Waals surface area contributed by atoms with E-state index in [0.29, 0.717) is 5.92 Å². The van der Waals surface area contributed by atoms with Crippen LogP contribution in [0.1, 0.15) is 104 Å². The topological polar surface area (TPSA) is 115 Å². The molecule has 3 aromatic heterocycles. The molecule has 0 radical (unpaired) electrons. The highest BCUT2D eigenvalue weighted by atomic mass is 16.4. The fourth-order valence-corrected chi connectivity index (χ4v) is 5.11. The molecule has 0 saturated carbocycles. The first-order chi connectivity index (χ1) is 19.1. The zero-order chi connectivity index (χ0) is 29.7. The van der Waals surface area contributed by atoms with Gasteiger partial charge in [-0.1, -0.05) is 34.6 Å². The Morgan fingerprint density at radius 2 is 1.48 bits per heavy atom. The number of carboxylic acids is 1. The van der Waals surface area contributed by atoms with Gasteiger partial charge in [0.25, 0.3) is 0 Å². The molecule has 0 fully saturated rings. The minimum Gasteiger partial charge on any atom is -0.481 e.